The molecule has 3 aromatic carbocycles. The highest BCUT2D eigenvalue weighted by molar-refractivity contribution is 6.30. The lowest BCUT2D eigenvalue weighted by Gasteiger charge is -2.10. The lowest BCUT2D eigenvalue weighted by atomic mass is 10.1. The lowest BCUT2D eigenvalue weighted by Crippen LogP contribution is -2.11. The van der Waals surface area contributed by atoms with Crippen molar-refractivity contribution in [2.75, 3.05) is 5.32 Å². The second kappa shape index (κ2) is 5.46. The van der Waals surface area contributed by atoms with Crippen LogP contribution < -0.4 is 5.32 Å². The van der Waals surface area contributed by atoms with Crippen LogP contribution in [0.5, 0.6) is 5.75 Å². The molecular weight excluding hydrogens is 286 g/mol. The SMILES string of the molecule is O=C(Nc1ccc(O)c2ccccc12)c1ccc(Cl)cc1. The van der Waals surface area contributed by atoms with Gasteiger partial charge in [0.05, 0.1) is 0 Å². The van der Waals surface area contributed by atoms with Crippen molar-refractivity contribution in [2.24, 2.45) is 0 Å². The molecule has 3 aromatic rings. The normalized spacial score (nSPS) is 10.5. The molecule has 0 atom stereocenters. The second-order valence-corrected chi connectivity index (χ2v) is 5.08. The van der Waals surface area contributed by atoms with Gasteiger partial charge in [-0.25, -0.2) is 0 Å². The van der Waals surface area contributed by atoms with Crippen LogP contribution in [-0.4, -0.2) is 11.0 Å². The van der Waals surface area contributed by atoms with Crippen molar-refractivity contribution in [3.63, 3.8) is 0 Å². The fraction of sp³-hybridized carbons (Fsp3) is 0. The summed E-state index contributed by atoms with van der Waals surface area (Å²) in [7, 11) is 0. The van der Waals surface area contributed by atoms with Gasteiger partial charge >= 0.3 is 0 Å². The van der Waals surface area contributed by atoms with Crippen molar-refractivity contribution in [1.82, 2.24) is 0 Å². The van der Waals surface area contributed by atoms with E-state index in [0.29, 0.717) is 21.7 Å². The third kappa shape index (κ3) is 2.69. The molecular formula is C17H12ClNO2. The number of amides is 1. The summed E-state index contributed by atoms with van der Waals surface area (Å²) in [6, 6.07) is 17.3. The Morgan fingerprint density at radius 1 is 0.905 bits per heavy atom. The molecule has 1 amide bonds. The fourth-order valence-electron chi connectivity index (χ4n) is 2.19. The van der Waals surface area contributed by atoms with Crippen LogP contribution in [0.4, 0.5) is 5.69 Å². The van der Waals surface area contributed by atoms with Gasteiger partial charge in [0, 0.05) is 27.0 Å². The average molecular weight is 298 g/mol. The Morgan fingerprint density at radius 3 is 2.29 bits per heavy atom. The minimum atomic E-state index is -0.220. The van der Waals surface area contributed by atoms with E-state index >= 15 is 0 Å². The number of carbonyl (C=O) groups excluding carboxylic acids is 1. The number of halogens is 1. The van der Waals surface area contributed by atoms with Crippen molar-refractivity contribution < 1.29 is 9.90 Å². The molecule has 0 spiro atoms. The summed E-state index contributed by atoms with van der Waals surface area (Å²) in [6.07, 6.45) is 0. The molecule has 0 saturated heterocycles. The van der Waals surface area contributed by atoms with Gasteiger partial charge in [0.2, 0.25) is 0 Å². The molecule has 104 valence electrons. The van der Waals surface area contributed by atoms with Crippen LogP contribution in [0.3, 0.4) is 0 Å². The van der Waals surface area contributed by atoms with Crippen LogP contribution >= 0.6 is 11.6 Å². The maximum Gasteiger partial charge on any atom is 0.255 e. The monoisotopic (exact) mass is 297 g/mol. The number of hydrogen-bond acceptors (Lipinski definition) is 2. The maximum absolute atomic E-state index is 12.2. The van der Waals surface area contributed by atoms with Gasteiger partial charge in [-0.05, 0) is 36.4 Å². The number of fused-ring (bicyclic) bond motifs is 1. The predicted molar refractivity (Wildman–Crippen MR) is 85.0 cm³/mol. The zero-order valence-electron chi connectivity index (χ0n) is 11.0. The van der Waals surface area contributed by atoms with Gasteiger partial charge in [-0.2, -0.15) is 0 Å². The maximum atomic E-state index is 12.2. The summed E-state index contributed by atoms with van der Waals surface area (Å²) in [5.41, 5.74) is 1.18. The van der Waals surface area contributed by atoms with Gasteiger partial charge in [-0.3, -0.25) is 4.79 Å². The number of hydrogen-bond donors (Lipinski definition) is 2. The number of phenols is 1. The number of carbonyl (C=O) groups is 1. The van der Waals surface area contributed by atoms with E-state index in [1.54, 1.807) is 36.4 Å². The first kappa shape index (κ1) is 13.5. The summed E-state index contributed by atoms with van der Waals surface area (Å²) in [5, 5.41) is 14.8. The Morgan fingerprint density at radius 2 is 1.57 bits per heavy atom. The summed E-state index contributed by atoms with van der Waals surface area (Å²) >= 11 is 5.81. The molecule has 0 heterocycles. The molecule has 0 bridgehead atoms. The molecule has 0 aliphatic heterocycles. The van der Waals surface area contributed by atoms with Crippen molar-refractivity contribution in [2.45, 2.75) is 0 Å². The Labute approximate surface area is 126 Å². The Hall–Kier alpha value is -2.52. The van der Waals surface area contributed by atoms with E-state index in [9.17, 15) is 9.90 Å². The molecule has 3 rings (SSSR count). The first-order valence-electron chi connectivity index (χ1n) is 6.43. The van der Waals surface area contributed by atoms with E-state index in [1.165, 1.54) is 0 Å². The van der Waals surface area contributed by atoms with E-state index in [1.807, 2.05) is 24.3 Å². The van der Waals surface area contributed by atoms with Gasteiger partial charge in [-0.1, -0.05) is 35.9 Å². The smallest absolute Gasteiger partial charge is 0.255 e. The summed E-state index contributed by atoms with van der Waals surface area (Å²) in [4.78, 5) is 12.2. The Kier molecular flexibility index (Phi) is 3.50. The van der Waals surface area contributed by atoms with Crippen molar-refractivity contribution in [3.8, 4) is 5.75 Å². The number of rotatable bonds is 2. The van der Waals surface area contributed by atoms with Gasteiger partial charge in [0.1, 0.15) is 5.75 Å². The average Bonchev–Trinajstić information content (AvgIpc) is 2.51. The first-order valence-corrected chi connectivity index (χ1v) is 6.80. The number of phenolic OH excluding ortho intramolecular Hbond substituents is 1. The van der Waals surface area contributed by atoms with Crippen LogP contribution in [-0.2, 0) is 0 Å². The lowest BCUT2D eigenvalue weighted by molar-refractivity contribution is 0.102. The van der Waals surface area contributed by atoms with E-state index in [2.05, 4.69) is 5.32 Å². The molecule has 3 nitrogen and oxygen atoms in total. The van der Waals surface area contributed by atoms with Gasteiger partial charge in [0.15, 0.2) is 0 Å². The third-order valence-corrected chi connectivity index (χ3v) is 3.51. The zero-order valence-corrected chi connectivity index (χ0v) is 11.8. The molecule has 0 radical (unpaired) electrons. The van der Waals surface area contributed by atoms with Crippen LogP contribution in [0.25, 0.3) is 10.8 Å². The minimum Gasteiger partial charge on any atom is -0.507 e. The number of nitrogens with one attached hydrogen (secondary N) is 1. The number of benzene rings is 3. The Bertz CT molecular complexity index is 813. The van der Waals surface area contributed by atoms with Crippen LogP contribution in [0.2, 0.25) is 5.02 Å². The quantitative estimate of drug-likeness (QED) is 0.687. The summed E-state index contributed by atoms with van der Waals surface area (Å²) < 4.78 is 0. The van der Waals surface area contributed by atoms with Gasteiger partial charge < -0.3 is 10.4 Å². The molecule has 0 unspecified atom stereocenters. The van der Waals surface area contributed by atoms with Gasteiger partial charge in [0.25, 0.3) is 5.91 Å². The summed E-state index contributed by atoms with van der Waals surface area (Å²) in [6.45, 7) is 0. The van der Waals surface area contributed by atoms with Crippen molar-refractivity contribution in [1.29, 1.82) is 0 Å². The molecule has 21 heavy (non-hydrogen) atoms. The largest absolute Gasteiger partial charge is 0.507 e. The first-order chi connectivity index (χ1) is 10.1. The van der Waals surface area contributed by atoms with E-state index in [4.69, 9.17) is 11.6 Å². The summed E-state index contributed by atoms with van der Waals surface area (Å²) in [5.74, 6) is -0.0300. The van der Waals surface area contributed by atoms with E-state index in [0.717, 1.165) is 5.39 Å². The highest BCUT2D eigenvalue weighted by atomic mass is 35.5. The zero-order chi connectivity index (χ0) is 14.8. The van der Waals surface area contributed by atoms with Crippen LogP contribution in [0, 0.1) is 0 Å². The van der Waals surface area contributed by atoms with Crippen LogP contribution in [0.15, 0.2) is 60.7 Å². The van der Waals surface area contributed by atoms with Crippen molar-refractivity contribution in [3.05, 3.63) is 71.2 Å². The highest BCUT2D eigenvalue weighted by Crippen LogP contribution is 2.30. The molecule has 0 aromatic heterocycles. The van der Waals surface area contributed by atoms with Crippen LogP contribution in [0.1, 0.15) is 10.4 Å². The fourth-order valence-corrected chi connectivity index (χ4v) is 2.31. The topological polar surface area (TPSA) is 49.3 Å². The number of aromatic hydroxyl groups is 1. The molecule has 0 aliphatic rings. The Balaban J connectivity index is 1.97. The second-order valence-electron chi connectivity index (χ2n) is 4.64. The standard InChI is InChI=1S/C17H12ClNO2/c18-12-7-5-11(6-8-12)17(21)19-15-9-10-16(20)14-4-2-1-3-13(14)15/h1-10,20H,(H,19,21). The molecule has 0 saturated carbocycles. The molecule has 0 aliphatic carbocycles. The highest BCUT2D eigenvalue weighted by Gasteiger charge is 2.09. The predicted octanol–water partition coefficient (Wildman–Crippen LogP) is 4.45. The number of anilines is 1. The van der Waals surface area contributed by atoms with Crippen molar-refractivity contribution >= 4 is 34.0 Å². The molecule has 2 N–H and O–H groups in total. The van der Waals surface area contributed by atoms with Gasteiger partial charge in [-0.15, -0.1) is 0 Å². The molecule has 4 heteroatoms. The third-order valence-electron chi connectivity index (χ3n) is 3.26. The molecule has 0 fully saturated rings. The minimum absolute atomic E-state index is 0.190. The van der Waals surface area contributed by atoms with E-state index in [-0.39, 0.29) is 11.7 Å². The van der Waals surface area contributed by atoms with E-state index < -0.39 is 0 Å².